The van der Waals surface area contributed by atoms with E-state index in [4.69, 9.17) is 28.4 Å². The number of ketones is 3. The van der Waals surface area contributed by atoms with Gasteiger partial charge in [0.25, 0.3) is 11.7 Å². The van der Waals surface area contributed by atoms with E-state index in [2.05, 4.69) is 0 Å². The Labute approximate surface area is 454 Å². The van der Waals surface area contributed by atoms with Crippen LogP contribution in [-0.2, 0) is 52.4 Å². The molecular weight excluding hydrogens is 975 g/mol. The average molecular weight is 1070 g/mol. The van der Waals surface area contributed by atoms with Gasteiger partial charge in [0.15, 0.2) is 5.78 Å². The number of aliphatic hydroxyl groups excluding tert-OH is 3. The first-order valence-corrected chi connectivity index (χ1v) is 28.2. The molecular formula is C60H97NO15. The average Bonchev–Trinajstić information content (AvgIpc) is 3.36. The van der Waals surface area contributed by atoms with E-state index < -0.39 is 95.1 Å². The van der Waals surface area contributed by atoms with Crippen molar-refractivity contribution >= 4 is 29.2 Å². The van der Waals surface area contributed by atoms with Gasteiger partial charge < -0.3 is 53.7 Å². The zero-order valence-corrected chi connectivity index (χ0v) is 48.3. The lowest BCUT2D eigenvalue weighted by Gasteiger charge is -2.43. The molecule has 3 heterocycles. The molecule has 4 aliphatic rings. The van der Waals surface area contributed by atoms with Crippen LogP contribution in [0, 0.1) is 35.5 Å². The molecule has 0 aromatic heterocycles. The second-order valence-corrected chi connectivity index (χ2v) is 24.1. The van der Waals surface area contributed by atoms with Gasteiger partial charge in [0.2, 0.25) is 5.79 Å². The van der Waals surface area contributed by atoms with Gasteiger partial charge in [-0.3, -0.25) is 19.2 Å². The first-order valence-electron chi connectivity index (χ1n) is 28.2. The van der Waals surface area contributed by atoms with Gasteiger partial charge in [0, 0.05) is 58.0 Å². The standard InChI is InChI=1S/C60H97NO15/c1-37-19-15-14-16-20-38(2)50(76-59(10,11)27-30-73-58(8,9)26-29-62)35-45-24-22-43(7)60(70,75-45)55(67)56(68)61-28-18-17-21-46(61)57(69)74-49(40(4)33-44-23-25-47(63)51(34-44)71-12)36-48(64)39(3)32-42(6)53(66)54(72-13)52(65)41(5)31-37/h14-16,19-20,32,37,39-41,43-47,49-51,53-54,62-63,66,70H,17-18,21-31,33-36H2,1-13H3/b16-14+,19-15+,38-20+,42-32+/t37-,39-,40-,41-,43-,44+,45+,46+,47-,49+,50-,51-,53-,54+,60-/m1/s1. The summed E-state index contributed by atoms with van der Waals surface area (Å²) in [5.74, 6) is -8.32. The summed E-state index contributed by atoms with van der Waals surface area (Å²) in [5.41, 5.74) is -0.0378. The minimum atomic E-state index is -2.50. The number of methoxy groups -OCH3 is 2. The number of hydrogen-bond donors (Lipinski definition) is 4. The van der Waals surface area contributed by atoms with Crippen LogP contribution in [0.3, 0.4) is 0 Å². The number of aliphatic hydroxyl groups is 4. The molecule has 16 heteroatoms. The highest BCUT2D eigenvalue weighted by Gasteiger charge is 2.53. The summed E-state index contributed by atoms with van der Waals surface area (Å²) in [7, 11) is 2.94. The molecule has 3 aliphatic heterocycles. The van der Waals surface area contributed by atoms with E-state index in [1.165, 1.54) is 12.0 Å². The summed E-state index contributed by atoms with van der Waals surface area (Å²) >= 11 is 0. The van der Waals surface area contributed by atoms with Gasteiger partial charge in [-0.25, -0.2) is 4.79 Å². The Hall–Kier alpha value is -3.45. The maximum Gasteiger partial charge on any atom is 0.329 e. The molecule has 2 saturated heterocycles. The molecule has 1 aliphatic carbocycles. The molecule has 0 spiro atoms. The molecule has 4 N–H and O–H groups in total. The topological polar surface area (TPSA) is 225 Å². The van der Waals surface area contributed by atoms with Crippen molar-refractivity contribution in [1.82, 2.24) is 4.90 Å². The first kappa shape index (κ1) is 65.1. The Morgan fingerprint density at radius 3 is 2.22 bits per heavy atom. The van der Waals surface area contributed by atoms with Crippen LogP contribution in [0.5, 0.6) is 0 Å². The monoisotopic (exact) mass is 1070 g/mol. The van der Waals surface area contributed by atoms with Gasteiger partial charge in [0.05, 0.1) is 42.2 Å². The van der Waals surface area contributed by atoms with Crippen molar-refractivity contribution in [3.05, 3.63) is 47.6 Å². The van der Waals surface area contributed by atoms with Crippen LogP contribution in [0.2, 0.25) is 0 Å². The van der Waals surface area contributed by atoms with Gasteiger partial charge in [0.1, 0.15) is 30.1 Å². The fraction of sp³-hybridized carbons (Fsp3) is 0.783. The molecule has 432 valence electrons. The largest absolute Gasteiger partial charge is 0.460 e. The summed E-state index contributed by atoms with van der Waals surface area (Å²) in [6, 6.07) is -1.18. The number of ether oxygens (including phenoxy) is 6. The lowest BCUT2D eigenvalue weighted by molar-refractivity contribution is -0.267. The summed E-state index contributed by atoms with van der Waals surface area (Å²) < 4.78 is 36.9. The van der Waals surface area contributed by atoms with Gasteiger partial charge in [-0.2, -0.15) is 0 Å². The van der Waals surface area contributed by atoms with E-state index in [0.717, 1.165) is 5.57 Å². The number of carbonyl (C=O) groups is 5. The fourth-order valence-corrected chi connectivity index (χ4v) is 11.3. The number of fused-ring (bicyclic) bond motifs is 3. The van der Waals surface area contributed by atoms with E-state index in [9.17, 15) is 44.4 Å². The number of amides is 1. The lowest BCUT2D eigenvalue weighted by atomic mass is 9.78. The van der Waals surface area contributed by atoms with Gasteiger partial charge in [-0.1, -0.05) is 71.1 Å². The van der Waals surface area contributed by atoms with Crippen molar-refractivity contribution in [1.29, 1.82) is 0 Å². The molecule has 0 unspecified atom stereocenters. The van der Waals surface area contributed by atoms with Crippen LogP contribution in [0.1, 0.15) is 166 Å². The molecule has 1 amide bonds. The third-order valence-electron chi connectivity index (χ3n) is 16.6. The van der Waals surface area contributed by atoms with Crippen molar-refractivity contribution in [2.24, 2.45) is 35.5 Å². The third kappa shape index (κ3) is 18.6. The number of carbonyl (C=O) groups excluding carboxylic acids is 5. The Kier molecular flexibility index (Phi) is 25.4. The van der Waals surface area contributed by atoms with Crippen molar-refractivity contribution in [3.63, 3.8) is 0 Å². The summed E-state index contributed by atoms with van der Waals surface area (Å²) in [6.45, 7) is 20.9. The SMILES string of the molecule is CO[C@@H]1C[C@H](C[C@@H](C)[C@@H]2CC(=O)[C@H](C)/C=C(\C)[C@@H](O)[C@@H](OC)C(=O)[C@H](C)C[C@H](C)/C=C/C=C/C=C(\C)[C@H](OC(C)(C)CCOC(C)(C)CCO)C[C@@H]3CC[C@@H](C)[C@@](O)(O3)C(=O)C(=O)N3CCCC[C@H]3C(=O)O2)CC[C@H]1O. The number of cyclic esters (lactones) is 1. The highest BCUT2D eigenvalue weighted by atomic mass is 16.6. The van der Waals surface area contributed by atoms with Crippen LogP contribution in [-0.4, -0.2) is 154 Å². The van der Waals surface area contributed by atoms with Gasteiger partial charge in [-0.15, -0.1) is 0 Å². The molecule has 1 saturated carbocycles. The number of rotatable bonds is 13. The molecule has 2 bridgehead atoms. The summed E-state index contributed by atoms with van der Waals surface area (Å²) in [6.07, 6.45) is 11.5. The van der Waals surface area contributed by atoms with Gasteiger partial charge in [-0.05, 0) is 147 Å². The second-order valence-electron chi connectivity index (χ2n) is 24.1. The molecule has 76 heavy (non-hydrogen) atoms. The molecule has 15 atom stereocenters. The lowest BCUT2D eigenvalue weighted by Crippen LogP contribution is -2.61. The number of piperidine rings is 1. The quantitative estimate of drug-likeness (QED) is 0.0782. The van der Waals surface area contributed by atoms with Crippen molar-refractivity contribution < 1.29 is 72.8 Å². The third-order valence-corrected chi connectivity index (χ3v) is 16.6. The normalized spacial score (nSPS) is 36.8. The van der Waals surface area contributed by atoms with Crippen molar-refractivity contribution in [2.75, 3.05) is 34.0 Å². The van der Waals surface area contributed by atoms with Gasteiger partial charge >= 0.3 is 5.97 Å². The van der Waals surface area contributed by atoms with Crippen LogP contribution in [0.4, 0.5) is 0 Å². The van der Waals surface area contributed by atoms with E-state index in [1.54, 1.807) is 34.0 Å². The molecule has 0 aromatic rings. The van der Waals surface area contributed by atoms with Crippen molar-refractivity contribution in [2.45, 2.75) is 232 Å². The van der Waals surface area contributed by atoms with Crippen LogP contribution in [0.15, 0.2) is 47.6 Å². The van der Waals surface area contributed by atoms with E-state index in [1.807, 2.05) is 85.8 Å². The number of Topliss-reactive ketones (excluding diaryl/α,β-unsaturated/α-hetero) is 3. The Morgan fingerprint density at radius 2 is 1.55 bits per heavy atom. The zero-order valence-electron chi connectivity index (χ0n) is 48.3. The maximum absolute atomic E-state index is 14.6. The minimum absolute atomic E-state index is 0.00411. The molecule has 0 radical (unpaired) electrons. The highest BCUT2D eigenvalue weighted by Crippen LogP contribution is 2.39. The van der Waals surface area contributed by atoms with Crippen molar-refractivity contribution in [3.8, 4) is 0 Å². The fourth-order valence-electron chi connectivity index (χ4n) is 11.3. The highest BCUT2D eigenvalue weighted by molar-refractivity contribution is 6.39. The predicted molar refractivity (Wildman–Crippen MR) is 290 cm³/mol. The van der Waals surface area contributed by atoms with E-state index in [-0.39, 0.29) is 67.8 Å². The maximum atomic E-state index is 14.6. The van der Waals surface area contributed by atoms with Crippen LogP contribution >= 0.6 is 0 Å². The Balaban J connectivity index is 1.74. The van der Waals surface area contributed by atoms with E-state index in [0.29, 0.717) is 82.8 Å². The van der Waals surface area contributed by atoms with E-state index >= 15 is 0 Å². The number of nitrogens with zero attached hydrogens (tertiary/aromatic N) is 1. The smallest absolute Gasteiger partial charge is 0.329 e. The first-order chi connectivity index (χ1) is 35.7. The molecule has 4 rings (SSSR count). The second kappa shape index (κ2) is 29.7. The number of esters is 1. The van der Waals surface area contributed by atoms with Crippen LogP contribution in [0.25, 0.3) is 0 Å². The molecule has 16 nitrogen and oxygen atoms in total. The van der Waals surface area contributed by atoms with Crippen LogP contribution < -0.4 is 0 Å². The molecule has 0 aromatic carbocycles. The Morgan fingerprint density at radius 1 is 0.842 bits per heavy atom. The number of allylic oxidation sites excluding steroid dienone is 6. The zero-order chi connectivity index (χ0) is 56.7. The Bertz CT molecular complexity index is 2040. The summed E-state index contributed by atoms with van der Waals surface area (Å²) in [5, 5.41) is 43.9. The summed E-state index contributed by atoms with van der Waals surface area (Å²) in [4.78, 5) is 73.0. The number of hydrogen-bond acceptors (Lipinski definition) is 15. The minimum Gasteiger partial charge on any atom is -0.460 e. The predicted octanol–water partition coefficient (Wildman–Crippen LogP) is 7.90. The molecule has 3 fully saturated rings.